The number of hydrogen-bond acceptors (Lipinski definition) is 2. The van der Waals surface area contributed by atoms with Gasteiger partial charge in [0.15, 0.2) is 6.79 Å². The molecule has 0 bridgehead atoms. The first kappa shape index (κ1) is 14.7. The van der Waals surface area contributed by atoms with Crippen molar-refractivity contribution >= 4 is 24.0 Å². The van der Waals surface area contributed by atoms with E-state index >= 15 is 0 Å². The molecule has 96 valence electrons. The van der Waals surface area contributed by atoms with Crippen LogP contribution < -0.4 is 4.74 Å². The largest absolute Gasteiger partial charge is 0.467 e. The number of ether oxygens (including phenoxy) is 2. The lowest BCUT2D eigenvalue weighted by Crippen LogP contribution is -2.22. The summed E-state index contributed by atoms with van der Waals surface area (Å²) in [5.41, 5.74) is 1.11. The second-order valence-corrected chi connectivity index (χ2v) is 11.8. The number of rotatable bonds is 6. The fourth-order valence-electron chi connectivity index (χ4n) is 1.29. The van der Waals surface area contributed by atoms with Gasteiger partial charge in [0.1, 0.15) is 5.75 Å². The van der Waals surface area contributed by atoms with E-state index in [4.69, 9.17) is 9.47 Å². The van der Waals surface area contributed by atoms with Gasteiger partial charge in [-0.3, -0.25) is 0 Å². The Morgan fingerprint density at radius 2 is 1.94 bits per heavy atom. The Kier molecular flexibility index (Phi) is 5.69. The highest BCUT2D eigenvalue weighted by Crippen LogP contribution is 2.25. The molecule has 0 unspecified atom stereocenters. The molecular formula is C13H21BrO2Si. The topological polar surface area (TPSA) is 18.5 Å². The third-order valence-corrected chi connectivity index (χ3v) is 5.08. The predicted octanol–water partition coefficient (Wildman–Crippen LogP) is 4.45. The van der Waals surface area contributed by atoms with Crippen LogP contribution in [0.5, 0.6) is 5.75 Å². The van der Waals surface area contributed by atoms with E-state index in [1.807, 2.05) is 25.1 Å². The molecule has 4 heteroatoms. The first-order valence-corrected chi connectivity index (χ1v) is 10.4. The van der Waals surface area contributed by atoms with Crippen LogP contribution in [0.25, 0.3) is 0 Å². The maximum Gasteiger partial charge on any atom is 0.189 e. The van der Waals surface area contributed by atoms with E-state index in [9.17, 15) is 0 Å². The Morgan fingerprint density at radius 3 is 2.59 bits per heavy atom. The van der Waals surface area contributed by atoms with Crippen molar-refractivity contribution in [3.8, 4) is 5.75 Å². The lowest BCUT2D eigenvalue weighted by atomic mass is 10.2. The van der Waals surface area contributed by atoms with Crippen molar-refractivity contribution in [2.45, 2.75) is 32.6 Å². The summed E-state index contributed by atoms with van der Waals surface area (Å²) in [6.07, 6.45) is 0. The maximum atomic E-state index is 5.60. The van der Waals surface area contributed by atoms with Gasteiger partial charge in [0.05, 0.1) is 0 Å². The highest BCUT2D eigenvalue weighted by Gasteiger charge is 2.12. The molecule has 1 rings (SSSR count). The highest BCUT2D eigenvalue weighted by molar-refractivity contribution is 9.10. The molecule has 0 aliphatic heterocycles. The van der Waals surface area contributed by atoms with E-state index in [1.54, 1.807) is 0 Å². The number of hydrogen-bond donors (Lipinski definition) is 0. The summed E-state index contributed by atoms with van der Waals surface area (Å²) in [6, 6.07) is 7.11. The first-order valence-electron chi connectivity index (χ1n) is 5.86. The van der Waals surface area contributed by atoms with Gasteiger partial charge < -0.3 is 9.47 Å². The van der Waals surface area contributed by atoms with Gasteiger partial charge in [0, 0.05) is 24.7 Å². The van der Waals surface area contributed by atoms with Crippen LogP contribution in [0.4, 0.5) is 0 Å². The molecule has 17 heavy (non-hydrogen) atoms. The second-order valence-electron chi connectivity index (χ2n) is 5.34. The summed E-state index contributed by atoms with van der Waals surface area (Å²) in [6.45, 7) is 10.2. The van der Waals surface area contributed by atoms with Crippen molar-refractivity contribution in [1.82, 2.24) is 0 Å². The molecule has 1 aromatic rings. The fourth-order valence-corrected chi connectivity index (χ4v) is 2.39. The SMILES string of the molecule is Cc1c(Br)cccc1OCOCC[Si](C)(C)C. The van der Waals surface area contributed by atoms with E-state index in [-0.39, 0.29) is 0 Å². The Hall–Kier alpha value is -0.323. The van der Waals surface area contributed by atoms with Crippen LogP contribution in [0.1, 0.15) is 5.56 Å². The molecule has 0 aliphatic carbocycles. The quantitative estimate of drug-likeness (QED) is 0.438. The van der Waals surface area contributed by atoms with Gasteiger partial charge in [-0.1, -0.05) is 41.6 Å². The van der Waals surface area contributed by atoms with E-state index in [2.05, 4.69) is 35.6 Å². The Morgan fingerprint density at radius 1 is 1.24 bits per heavy atom. The average molecular weight is 317 g/mol. The summed E-state index contributed by atoms with van der Waals surface area (Å²) in [7, 11) is -0.994. The van der Waals surface area contributed by atoms with Crippen LogP contribution in [0.2, 0.25) is 25.7 Å². The lowest BCUT2D eigenvalue weighted by molar-refractivity contribution is 0.0216. The first-order chi connectivity index (χ1) is 7.90. The van der Waals surface area contributed by atoms with Gasteiger partial charge >= 0.3 is 0 Å². The van der Waals surface area contributed by atoms with Crippen LogP contribution in [0, 0.1) is 6.92 Å². The van der Waals surface area contributed by atoms with Gasteiger partial charge in [0.2, 0.25) is 0 Å². The highest BCUT2D eigenvalue weighted by atomic mass is 79.9. The lowest BCUT2D eigenvalue weighted by Gasteiger charge is -2.16. The standard InChI is InChI=1S/C13H21BrO2Si/c1-11-12(14)6-5-7-13(11)16-10-15-8-9-17(2,3)4/h5-7H,8-10H2,1-4H3. The zero-order chi connectivity index (χ0) is 12.9. The fraction of sp³-hybridized carbons (Fsp3) is 0.538. The van der Waals surface area contributed by atoms with Crippen molar-refractivity contribution in [1.29, 1.82) is 0 Å². The zero-order valence-corrected chi connectivity index (χ0v) is 13.6. The van der Waals surface area contributed by atoms with E-state index in [1.165, 1.54) is 6.04 Å². The molecule has 0 amide bonds. The van der Waals surface area contributed by atoms with Crippen LogP contribution in [-0.4, -0.2) is 21.5 Å². The molecule has 1 aromatic carbocycles. The van der Waals surface area contributed by atoms with Crippen molar-refractivity contribution in [2.24, 2.45) is 0 Å². The maximum absolute atomic E-state index is 5.60. The van der Waals surface area contributed by atoms with E-state index < -0.39 is 8.07 Å². The summed E-state index contributed by atoms with van der Waals surface area (Å²) in [4.78, 5) is 0. The Labute approximate surface area is 113 Å². The Bertz CT molecular complexity index is 361. The summed E-state index contributed by atoms with van der Waals surface area (Å²) >= 11 is 3.48. The molecule has 0 saturated carbocycles. The molecule has 0 heterocycles. The third-order valence-electron chi connectivity index (χ3n) is 2.51. The zero-order valence-electron chi connectivity index (χ0n) is 11.0. The molecule has 0 atom stereocenters. The monoisotopic (exact) mass is 316 g/mol. The van der Waals surface area contributed by atoms with Gasteiger partial charge in [-0.15, -0.1) is 0 Å². The minimum atomic E-state index is -0.994. The van der Waals surface area contributed by atoms with Crippen LogP contribution >= 0.6 is 15.9 Å². The number of halogens is 1. The molecule has 0 aliphatic rings. The molecule has 0 saturated heterocycles. The minimum Gasteiger partial charge on any atom is -0.467 e. The van der Waals surface area contributed by atoms with Crippen molar-refractivity contribution in [3.05, 3.63) is 28.2 Å². The van der Waals surface area contributed by atoms with Crippen LogP contribution in [0.3, 0.4) is 0 Å². The smallest absolute Gasteiger partial charge is 0.189 e. The minimum absolute atomic E-state index is 0.335. The van der Waals surface area contributed by atoms with Gasteiger partial charge in [0.25, 0.3) is 0 Å². The summed E-state index contributed by atoms with van der Waals surface area (Å²) in [5.74, 6) is 0.882. The third kappa shape index (κ3) is 5.70. The van der Waals surface area contributed by atoms with E-state index in [0.29, 0.717) is 6.79 Å². The molecule has 0 radical (unpaired) electrons. The Balaban J connectivity index is 2.29. The molecule has 0 fully saturated rings. The number of benzene rings is 1. The van der Waals surface area contributed by atoms with Gasteiger partial charge in [-0.05, 0) is 25.1 Å². The second kappa shape index (κ2) is 6.57. The summed E-state index contributed by atoms with van der Waals surface area (Å²) < 4.78 is 12.2. The normalized spacial score (nSPS) is 11.6. The molecule has 0 aromatic heterocycles. The molecule has 2 nitrogen and oxygen atoms in total. The average Bonchev–Trinajstić information content (AvgIpc) is 2.22. The van der Waals surface area contributed by atoms with Crippen molar-refractivity contribution in [2.75, 3.05) is 13.4 Å². The molecule has 0 N–H and O–H groups in total. The van der Waals surface area contributed by atoms with Gasteiger partial charge in [-0.2, -0.15) is 0 Å². The van der Waals surface area contributed by atoms with Crippen molar-refractivity contribution in [3.63, 3.8) is 0 Å². The van der Waals surface area contributed by atoms with Crippen LogP contribution in [0.15, 0.2) is 22.7 Å². The predicted molar refractivity (Wildman–Crippen MR) is 78.5 cm³/mol. The molecular weight excluding hydrogens is 296 g/mol. The summed E-state index contributed by atoms with van der Waals surface area (Å²) in [5, 5.41) is 0. The van der Waals surface area contributed by atoms with Crippen LogP contribution in [-0.2, 0) is 4.74 Å². The van der Waals surface area contributed by atoms with Gasteiger partial charge in [-0.25, -0.2) is 0 Å². The molecule has 0 spiro atoms. The van der Waals surface area contributed by atoms with E-state index in [0.717, 1.165) is 22.4 Å². The van der Waals surface area contributed by atoms with Crippen molar-refractivity contribution < 1.29 is 9.47 Å².